The van der Waals surface area contributed by atoms with Gasteiger partial charge >= 0.3 is 6.18 Å². The predicted octanol–water partition coefficient (Wildman–Crippen LogP) is 2.65. The molecule has 0 aliphatic heterocycles. The van der Waals surface area contributed by atoms with Crippen molar-refractivity contribution in [3.05, 3.63) is 23.5 Å². The lowest BCUT2D eigenvalue weighted by Gasteiger charge is -2.12. The largest absolute Gasteiger partial charge is 0.405 e. The van der Waals surface area contributed by atoms with Crippen molar-refractivity contribution in [1.29, 1.82) is 10.7 Å². The van der Waals surface area contributed by atoms with Crippen LogP contribution in [0.2, 0.25) is 0 Å². The number of rotatable bonds is 3. The van der Waals surface area contributed by atoms with Gasteiger partial charge in [-0.05, 0) is 22.0 Å². The smallest absolute Gasteiger partial charge is 0.376 e. The summed E-state index contributed by atoms with van der Waals surface area (Å²) in [5, 5.41) is 18.0. The monoisotopic (exact) mass is 306 g/mol. The molecule has 0 fully saturated rings. The number of hydrogen-bond donors (Lipinski definition) is 2. The van der Waals surface area contributed by atoms with Gasteiger partial charge in [0.2, 0.25) is 0 Å². The van der Waals surface area contributed by atoms with Crippen molar-refractivity contribution < 1.29 is 13.2 Å². The van der Waals surface area contributed by atoms with Crippen LogP contribution in [0.15, 0.2) is 12.3 Å². The van der Waals surface area contributed by atoms with E-state index in [2.05, 4.69) is 26.2 Å². The highest BCUT2D eigenvalue weighted by molar-refractivity contribution is 9.18. The van der Waals surface area contributed by atoms with E-state index in [1.165, 1.54) is 0 Å². The molecule has 1 aromatic rings. The van der Waals surface area contributed by atoms with E-state index < -0.39 is 12.7 Å². The Morgan fingerprint density at radius 2 is 2.24 bits per heavy atom. The molecule has 17 heavy (non-hydrogen) atoms. The number of halogens is 4. The number of nitrogens with one attached hydrogen (secondary N) is 2. The summed E-state index contributed by atoms with van der Waals surface area (Å²) < 4.78 is 36.0. The summed E-state index contributed by atoms with van der Waals surface area (Å²) in [7, 11) is 0. The molecule has 0 radical (unpaired) electrons. The van der Waals surface area contributed by atoms with Crippen molar-refractivity contribution in [2.45, 2.75) is 6.18 Å². The summed E-state index contributed by atoms with van der Waals surface area (Å²) in [6.07, 6.45) is -3.21. The zero-order valence-electron chi connectivity index (χ0n) is 8.27. The second kappa shape index (κ2) is 5.14. The van der Waals surface area contributed by atoms with Crippen LogP contribution in [0, 0.1) is 16.7 Å². The Hall–Kier alpha value is -1.62. The third-order valence-corrected chi connectivity index (χ3v) is 2.16. The van der Waals surface area contributed by atoms with Crippen LogP contribution in [0.5, 0.6) is 0 Å². The molecule has 0 bridgehead atoms. The summed E-state index contributed by atoms with van der Waals surface area (Å²) >= 11 is 2.84. The summed E-state index contributed by atoms with van der Waals surface area (Å²) in [5.41, 5.74) is 0.177. The fourth-order valence-corrected chi connectivity index (χ4v) is 1.35. The molecular weight excluding hydrogens is 301 g/mol. The van der Waals surface area contributed by atoms with Crippen LogP contribution in [0.3, 0.4) is 0 Å². The van der Waals surface area contributed by atoms with E-state index in [1.807, 2.05) is 0 Å². The summed E-state index contributed by atoms with van der Waals surface area (Å²) in [4.78, 5) is 3.67. The minimum Gasteiger partial charge on any atom is -0.376 e. The average molecular weight is 307 g/mol. The van der Waals surface area contributed by atoms with E-state index in [-0.39, 0.29) is 21.6 Å². The number of alkyl halides is 3. The molecule has 0 atom stereocenters. The number of aromatic nitrogens is 1. The van der Waals surface area contributed by atoms with Crippen molar-refractivity contribution in [1.82, 2.24) is 4.98 Å². The van der Waals surface area contributed by atoms with Gasteiger partial charge in [-0.2, -0.15) is 18.4 Å². The van der Waals surface area contributed by atoms with Gasteiger partial charge in [0.1, 0.15) is 22.9 Å². The van der Waals surface area contributed by atoms with E-state index in [0.29, 0.717) is 0 Å². The first-order chi connectivity index (χ1) is 7.83. The van der Waals surface area contributed by atoms with Gasteiger partial charge in [0.25, 0.3) is 0 Å². The van der Waals surface area contributed by atoms with Gasteiger partial charge in [0.15, 0.2) is 0 Å². The van der Waals surface area contributed by atoms with Crippen LogP contribution in [0.25, 0.3) is 0 Å². The number of hydrogen-bond acceptors (Lipinski definition) is 4. The normalized spacial score (nSPS) is 10.8. The van der Waals surface area contributed by atoms with Gasteiger partial charge in [0, 0.05) is 17.4 Å². The first-order valence-electron chi connectivity index (χ1n) is 4.28. The second-order valence-corrected chi connectivity index (χ2v) is 3.80. The maximum atomic E-state index is 12.0. The van der Waals surface area contributed by atoms with E-state index in [0.717, 1.165) is 12.3 Å². The van der Waals surface area contributed by atoms with Crippen LogP contribution in [-0.2, 0) is 0 Å². The minimum atomic E-state index is -4.37. The highest BCUT2D eigenvalue weighted by atomic mass is 79.9. The number of anilines is 1. The Morgan fingerprint density at radius 3 is 2.71 bits per heavy atom. The molecule has 0 aromatic carbocycles. The lowest BCUT2D eigenvalue weighted by atomic mass is 10.2. The van der Waals surface area contributed by atoms with Crippen molar-refractivity contribution >= 4 is 26.2 Å². The van der Waals surface area contributed by atoms with Crippen LogP contribution in [-0.4, -0.2) is 22.3 Å². The Labute approximate surface area is 103 Å². The van der Waals surface area contributed by atoms with Crippen LogP contribution < -0.4 is 5.32 Å². The highest BCUT2D eigenvalue weighted by Crippen LogP contribution is 2.21. The quantitative estimate of drug-likeness (QED) is 0.843. The Morgan fingerprint density at radius 1 is 1.59 bits per heavy atom. The van der Waals surface area contributed by atoms with Gasteiger partial charge in [-0.15, -0.1) is 0 Å². The standard InChI is InChI=1S/C9H6BrF3N4/c10-8(15)6-3-16-5(2-14)1-7(6)17-4-9(11,12)13/h1,3,15H,4H2,(H,16,17). The molecule has 0 spiro atoms. The summed E-state index contributed by atoms with van der Waals surface area (Å²) in [5.74, 6) is 0. The number of pyridine rings is 1. The van der Waals surface area contributed by atoms with Crippen molar-refractivity contribution in [3.8, 4) is 6.07 Å². The highest BCUT2D eigenvalue weighted by Gasteiger charge is 2.27. The SMILES string of the molecule is N#Cc1cc(NCC(F)(F)F)c(C(=N)Br)cn1. The van der Waals surface area contributed by atoms with Crippen molar-refractivity contribution in [2.75, 3.05) is 11.9 Å². The molecule has 0 unspecified atom stereocenters. The minimum absolute atomic E-state index is 0.0211. The Kier molecular flexibility index (Phi) is 4.07. The molecule has 2 N–H and O–H groups in total. The molecule has 1 heterocycles. The van der Waals surface area contributed by atoms with E-state index in [1.54, 1.807) is 6.07 Å². The molecule has 0 saturated heterocycles. The third-order valence-electron chi connectivity index (χ3n) is 1.73. The maximum absolute atomic E-state index is 12.0. The molecule has 4 nitrogen and oxygen atoms in total. The molecule has 0 amide bonds. The van der Waals surface area contributed by atoms with E-state index in [9.17, 15) is 13.2 Å². The van der Waals surface area contributed by atoms with Gasteiger partial charge in [-0.25, -0.2) is 4.98 Å². The summed E-state index contributed by atoms with van der Waals surface area (Å²) in [6, 6.07) is 2.88. The second-order valence-electron chi connectivity index (χ2n) is 3.01. The van der Waals surface area contributed by atoms with Gasteiger partial charge in [-0.1, -0.05) is 0 Å². The molecule has 8 heteroatoms. The van der Waals surface area contributed by atoms with Crippen molar-refractivity contribution in [3.63, 3.8) is 0 Å². The van der Waals surface area contributed by atoms with Gasteiger partial charge < -0.3 is 5.32 Å². The van der Waals surface area contributed by atoms with E-state index in [4.69, 9.17) is 10.7 Å². The lowest BCUT2D eigenvalue weighted by Crippen LogP contribution is -2.22. The molecule has 0 aliphatic rings. The fraction of sp³-hybridized carbons (Fsp3) is 0.222. The van der Waals surface area contributed by atoms with Crippen LogP contribution in [0.4, 0.5) is 18.9 Å². The number of nitriles is 1. The fourth-order valence-electron chi connectivity index (χ4n) is 1.03. The Bertz CT molecular complexity index is 478. The molecule has 90 valence electrons. The lowest BCUT2D eigenvalue weighted by molar-refractivity contribution is -0.115. The Balaban J connectivity index is 3.02. The first-order valence-corrected chi connectivity index (χ1v) is 5.08. The zero-order valence-corrected chi connectivity index (χ0v) is 9.85. The predicted molar refractivity (Wildman–Crippen MR) is 59.3 cm³/mol. The molecule has 1 rings (SSSR count). The van der Waals surface area contributed by atoms with Crippen molar-refractivity contribution in [2.24, 2.45) is 0 Å². The molecule has 0 aliphatic carbocycles. The van der Waals surface area contributed by atoms with Gasteiger partial charge in [-0.3, -0.25) is 5.41 Å². The topological polar surface area (TPSA) is 72.6 Å². The van der Waals surface area contributed by atoms with Gasteiger partial charge in [0.05, 0.1) is 0 Å². The molecule has 1 aromatic heterocycles. The third kappa shape index (κ3) is 4.03. The number of nitrogens with zero attached hydrogens (tertiary/aromatic N) is 2. The maximum Gasteiger partial charge on any atom is 0.405 e. The first kappa shape index (κ1) is 13.4. The molecule has 0 saturated carbocycles. The zero-order chi connectivity index (χ0) is 13.1. The van der Waals surface area contributed by atoms with E-state index >= 15 is 0 Å². The van der Waals surface area contributed by atoms with Crippen LogP contribution in [0.1, 0.15) is 11.3 Å². The summed E-state index contributed by atoms with van der Waals surface area (Å²) in [6.45, 7) is -1.24. The average Bonchev–Trinajstić information content (AvgIpc) is 2.24. The van der Waals surface area contributed by atoms with Crippen LogP contribution >= 0.6 is 15.9 Å². The molecular formula is C9H6BrF3N4.